The minimum atomic E-state index is 0.0847. The second-order valence-electron chi connectivity index (χ2n) is 5.54. The molecular weight excluding hydrogens is 226 g/mol. The summed E-state index contributed by atoms with van der Waals surface area (Å²) in [6.07, 6.45) is 5.83. The third kappa shape index (κ3) is 3.04. The van der Waals surface area contributed by atoms with Crippen LogP contribution < -0.4 is 5.32 Å². The summed E-state index contributed by atoms with van der Waals surface area (Å²) in [7, 11) is 0. The van der Waals surface area contributed by atoms with Crippen molar-refractivity contribution in [2.24, 2.45) is 0 Å². The molecule has 0 bridgehead atoms. The van der Waals surface area contributed by atoms with E-state index in [0.29, 0.717) is 11.9 Å². The van der Waals surface area contributed by atoms with Crippen LogP contribution >= 0.6 is 0 Å². The van der Waals surface area contributed by atoms with Gasteiger partial charge in [-0.2, -0.15) is 0 Å². The number of likely N-dealkylation sites (tertiary alicyclic amines) is 1. The van der Waals surface area contributed by atoms with Gasteiger partial charge in [0, 0.05) is 12.6 Å². The number of amides is 1. The van der Waals surface area contributed by atoms with Crippen LogP contribution in [0.3, 0.4) is 0 Å². The molecule has 2 aliphatic rings. The SMILES string of the molecule is CCCCC1NCN(CC2CCCN2CC)C1=O. The second kappa shape index (κ2) is 6.53. The van der Waals surface area contributed by atoms with Crippen LogP contribution in [0, 0.1) is 0 Å². The van der Waals surface area contributed by atoms with Gasteiger partial charge in [-0.25, -0.2) is 0 Å². The third-order valence-corrected chi connectivity index (χ3v) is 4.32. The molecule has 4 nitrogen and oxygen atoms in total. The van der Waals surface area contributed by atoms with E-state index in [1.165, 1.54) is 19.4 Å². The summed E-state index contributed by atoms with van der Waals surface area (Å²) in [4.78, 5) is 16.8. The molecular formula is C14H27N3O. The Balaban J connectivity index is 1.82. The van der Waals surface area contributed by atoms with E-state index in [1.807, 2.05) is 4.90 Å². The average molecular weight is 253 g/mol. The van der Waals surface area contributed by atoms with Gasteiger partial charge in [-0.1, -0.05) is 26.7 Å². The first kappa shape index (κ1) is 13.8. The molecule has 2 saturated heterocycles. The summed E-state index contributed by atoms with van der Waals surface area (Å²) < 4.78 is 0. The summed E-state index contributed by atoms with van der Waals surface area (Å²) in [5, 5.41) is 3.36. The van der Waals surface area contributed by atoms with Gasteiger partial charge in [0.05, 0.1) is 12.7 Å². The van der Waals surface area contributed by atoms with Crippen LogP contribution in [0.4, 0.5) is 0 Å². The van der Waals surface area contributed by atoms with Crippen molar-refractivity contribution in [1.29, 1.82) is 0 Å². The zero-order chi connectivity index (χ0) is 13.0. The molecule has 2 fully saturated rings. The zero-order valence-corrected chi connectivity index (χ0v) is 11.8. The van der Waals surface area contributed by atoms with E-state index >= 15 is 0 Å². The molecule has 0 aliphatic carbocycles. The van der Waals surface area contributed by atoms with Gasteiger partial charge in [0.1, 0.15) is 0 Å². The third-order valence-electron chi connectivity index (χ3n) is 4.32. The first-order valence-corrected chi connectivity index (χ1v) is 7.52. The van der Waals surface area contributed by atoms with E-state index in [2.05, 4.69) is 24.1 Å². The Morgan fingerprint density at radius 2 is 2.22 bits per heavy atom. The van der Waals surface area contributed by atoms with Crippen molar-refractivity contribution in [1.82, 2.24) is 15.1 Å². The predicted molar refractivity (Wildman–Crippen MR) is 73.3 cm³/mol. The number of hydrogen-bond donors (Lipinski definition) is 1. The molecule has 18 heavy (non-hydrogen) atoms. The van der Waals surface area contributed by atoms with Gasteiger partial charge in [0.25, 0.3) is 0 Å². The quantitative estimate of drug-likeness (QED) is 0.777. The van der Waals surface area contributed by atoms with Gasteiger partial charge in [-0.05, 0) is 32.4 Å². The van der Waals surface area contributed by atoms with Crippen molar-refractivity contribution in [3.63, 3.8) is 0 Å². The first-order valence-electron chi connectivity index (χ1n) is 7.52. The molecule has 4 heteroatoms. The monoisotopic (exact) mass is 253 g/mol. The number of carbonyl (C=O) groups excluding carboxylic acids is 1. The van der Waals surface area contributed by atoms with Crippen LogP contribution in [-0.4, -0.2) is 54.1 Å². The van der Waals surface area contributed by atoms with Crippen LogP contribution in [0.5, 0.6) is 0 Å². The lowest BCUT2D eigenvalue weighted by Crippen LogP contribution is -2.42. The fourth-order valence-corrected chi connectivity index (χ4v) is 3.17. The minimum Gasteiger partial charge on any atom is -0.327 e. The number of nitrogens with zero attached hydrogens (tertiary/aromatic N) is 2. The van der Waals surface area contributed by atoms with Crippen molar-refractivity contribution in [2.45, 2.75) is 58.0 Å². The topological polar surface area (TPSA) is 35.6 Å². The maximum absolute atomic E-state index is 12.2. The lowest BCUT2D eigenvalue weighted by atomic mass is 10.1. The zero-order valence-electron chi connectivity index (χ0n) is 11.8. The van der Waals surface area contributed by atoms with Crippen molar-refractivity contribution < 1.29 is 4.79 Å². The standard InChI is InChI=1S/C14H27N3O/c1-3-5-8-13-14(18)17(11-15-13)10-12-7-6-9-16(12)4-2/h12-13,15H,3-11H2,1-2H3. The normalized spacial score (nSPS) is 29.4. The van der Waals surface area contributed by atoms with Crippen molar-refractivity contribution in [3.8, 4) is 0 Å². The molecule has 0 aromatic rings. The summed E-state index contributed by atoms with van der Waals surface area (Å²) >= 11 is 0. The molecule has 0 radical (unpaired) electrons. The van der Waals surface area contributed by atoms with E-state index < -0.39 is 0 Å². The lowest BCUT2D eigenvalue weighted by Gasteiger charge is -2.27. The Bertz CT molecular complexity index is 282. The number of nitrogens with one attached hydrogen (secondary N) is 1. The van der Waals surface area contributed by atoms with E-state index in [-0.39, 0.29) is 6.04 Å². The average Bonchev–Trinajstić information content (AvgIpc) is 2.96. The van der Waals surface area contributed by atoms with Gasteiger partial charge >= 0.3 is 0 Å². The second-order valence-corrected chi connectivity index (χ2v) is 5.54. The highest BCUT2D eigenvalue weighted by molar-refractivity contribution is 5.83. The Morgan fingerprint density at radius 3 is 2.94 bits per heavy atom. The minimum absolute atomic E-state index is 0.0847. The molecule has 104 valence electrons. The lowest BCUT2D eigenvalue weighted by molar-refractivity contribution is -0.129. The van der Waals surface area contributed by atoms with E-state index in [9.17, 15) is 4.79 Å². The maximum atomic E-state index is 12.2. The number of likely N-dealkylation sites (N-methyl/N-ethyl adjacent to an activating group) is 1. The number of carbonyl (C=O) groups is 1. The molecule has 0 aromatic carbocycles. The molecule has 2 unspecified atom stereocenters. The highest BCUT2D eigenvalue weighted by atomic mass is 16.2. The first-order chi connectivity index (χ1) is 8.76. The smallest absolute Gasteiger partial charge is 0.240 e. The summed E-state index contributed by atoms with van der Waals surface area (Å²) in [5.41, 5.74) is 0. The van der Waals surface area contributed by atoms with Crippen molar-refractivity contribution >= 4 is 5.91 Å². The van der Waals surface area contributed by atoms with E-state index in [1.54, 1.807) is 0 Å². The van der Waals surface area contributed by atoms with Gasteiger partial charge in [0.2, 0.25) is 5.91 Å². The van der Waals surface area contributed by atoms with Gasteiger partial charge in [-0.3, -0.25) is 15.0 Å². The van der Waals surface area contributed by atoms with Crippen LogP contribution in [-0.2, 0) is 4.79 Å². The molecule has 2 rings (SSSR count). The Hall–Kier alpha value is -0.610. The van der Waals surface area contributed by atoms with Crippen LogP contribution in [0.25, 0.3) is 0 Å². The summed E-state index contributed by atoms with van der Waals surface area (Å²) in [6, 6.07) is 0.673. The molecule has 1 amide bonds. The van der Waals surface area contributed by atoms with Crippen LogP contribution in [0.2, 0.25) is 0 Å². The highest BCUT2D eigenvalue weighted by Crippen LogP contribution is 2.19. The predicted octanol–water partition coefficient (Wildman–Crippen LogP) is 1.42. The van der Waals surface area contributed by atoms with Gasteiger partial charge in [0.15, 0.2) is 0 Å². The van der Waals surface area contributed by atoms with Crippen LogP contribution in [0.1, 0.15) is 46.0 Å². The Kier molecular flexibility index (Phi) is 5.01. The Labute approximate surface area is 111 Å². The van der Waals surface area contributed by atoms with Crippen molar-refractivity contribution in [3.05, 3.63) is 0 Å². The number of unbranched alkanes of at least 4 members (excludes halogenated alkanes) is 1. The highest BCUT2D eigenvalue weighted by Gasteiger charge is 2.34. The van der Waals surface area contributed by atoms with E-state index in [4.69, 9.17) is 0 Å². The Morgan fingerprint density at radius 1 is 1.39 bits per heavy atom. The molecule has 0 aromatic heterocycles. The van der Waals surface area contributed by atoms with Crippen LogP contribution in [0.15, 0.2) is 0 Å². The van der Waals surface area contributed by atoms with Gasteiger partial charge in [-0.15, -0.1) is 0 Å². The molecule has 1 N–H and O–H groups in total. The summed E-state index contributed by atoms with van der Waals surface area (Å²) in [5.74, 6) is 0.325. The number of rotatable bonds is 6. The van der Waals surface area contributed by atoms with Gasteiger partial charge < -0.3 is 4.90 Å². The molecule has 2 aliphatic heterocycles. The fraction of sp³-hybridized carbons (Fsp3) is 0.929. The fourth-order valence-electron chi connectivity index (χ4n) is 3.17. The van der Waals surface area contributed by atoms with E-state index in [0.717, 1.165) is 39.0 Å². The number of hydrogen-bond acceptors (Lipinski definition) is 3. The molecule has 2 atom stereocenters. The molecule has 0 spiro atoms. The maximum Gasteiger partial charge on any atom is 0.240 e. The van der Waals surface area contributed by atoms with Crippen molar-refractivity contribution in [2.75, 3.05) is 26.3 Å². The molecule has 2 heterocycles. The largest absolute Gasteiger partial charge is 0.327 e. The molecule has 0 saturated carbocycles. The summed E-state index contributed by atoms with van der Waals surface area (Å²) in [6.45, 7) is 8.38.